The number of aromatic nitrogens is 2. The van der Waals surface area contributed by atoms with E-state index >= 15 is 0 Å². The standard InChI is InChI=1S/C14H11N3/c15-11-5-3-9-16-14(11)13-8-7-10-4-1-2-6-12(10)17-13/h1-9H,15H2. The van der Waals surface area contributed by atoms with Gasteiger partial charge in [0.1, 0.15) is 5.69 Å². The first kappa shape index (κ1) is 9.78. The van der Waals surface area contributed by atoms with Gasteiger partial charge < -0.3 is 5.73 Å². The highest BCUT2D eigenvalue weighted by atomic mass is 14.8. The van der Waals surface area contributed by atoms with E-state index in [2.05, 4.69) is 9.97 Å². The lowest BCUT2D eigenvalue weighted by Crippen LogP contribution is -1.94. The van der Waals surface area contributed by atoms with Crippen molar-refractivity contribution in [3.05, 3.63) is 54.7 Å². The van der Waals surface area contributed by atoms with Crippen molar-refractivity contribution in [2.75, 3.05) is 5.73 Å². The Hall–Kier alpha value is -2.42. The van der Waals surface area contributed by atoms with Crippen molar-refractivity contribution in [1.29, 1.82) is 0 Å². The van der Waals surface area contributed by atoms with E-state index in [9.17, 15) is 0 Å². The lowest BCUT2D eigenvalue weighted by Gasteiger charge is -2.04. The Morgan fingerprint density at radius 3 is 2.65 bits per heavy atom. The number of nitrogens with zero attached hydrogens (tertiary/aromatic N) is 2. The summed E-state index contributed by atoms with van der Waals surface area (Å²) >= 11 is 0. The van der Waals surface area contributed by atoms with Crippen LogP contribution in [0.2, 0.25) is 0 Å². The Labute approximate surface area is 98.9 Å². The molecule has 3 heteroatoms. The Balaban J connectivity index is 2.22. The van der Waals surface area contributed by atoms with Gasteiger partial charge in [0.15, 0.2) is 0 Å². The zero-order chi connectivity index (χ0) is 11.7. The van der Waals surface area contributed by atoms with E-state index in [1.165, 1.54) is 0 Å². The number of hydrogen-bond acceptors (Lipinski definition) is 3. The lowest BCUT2D eigenvalue weighted by molar-refractivity contribution is 1.28. The van der Waals surface area contributed by atoms with E-state index in [4.69, 9.17) is 5.73 Å². The largest absolute Gasteiger partial charge is 0.397 e. The molecule has 2 N–H and O–H groups in total. The van der Waals surface area contributed by atoms with Crippen LogP contribution in [0.25, 0.3) is 22.3 Å². The van der Waals surface area contributed by atoms with Crippen LogP contribution in [0.3, 0.4) is 0 Å². The molecule has 82 valence electrons. The summed E-state index contributed by atoms with van der Waals surface area (Å²) in [6.07, 6.45) is 1.72. The maximum absolute atomic E-state index is 5.89. The normalized spacial score (nSPS) is 10.6. The summed E-state index contributed by atoms with van der Waals surface area (Å²) in [4.78, 5) is 8.83. The van der Waals surface area contributed by atoms with Crippen molar-refractivity contribution in [2.45, 2.75) is 0 Å². The first-order valence-electron chi connectivity index (χ1n) is 5.41. The third-order valence-electron chi connectivity index (χ3n) is 2.68. The average Bonchev–Trinajstić information content (AvgIpc) is 2.39. The zero-order valence-electron chi connectivity index (χ0n) is 9.17. The highest BCUT2D eigenvalue weighted by Crippen LogP contribution is 2.23. The Bertz CT molecular complexity index is 677. The molecule has 0 aliphatic carbocycles. The van der Waals surface area contributed by atoms with Crippen molar-refractivity contribution in [1.82, 2.24) is 9.97 Å². The van der Waals surface area contributed by atoms with Gasteiger partial charge in [-0.15, -0.1) is 0 Å². The van der Waals surface area contributed by atoms with Crippen molar-refractivity contribution in [3.8, 4) is 11.4 Å². The highest BCUT2D eigenvalue weighted by Gasteiger charge is 2.05. The minimum Gasteiger partial charge on any atom is -0.397 e. The van der Waals surface area contributed by atoms with Crippen molar-refractivity contribution in [3.63, 3.8) is 0 Å². The molecule has 17 heavy (non-hydrogen) atoms. The van der Waals surface area contributed by atoms with Crippen LogP contribution < -0.4 is 5.73 Å². The second-order valence-corrected chi connectivity index (χ2v) is 3.83. The maximum atomic E-state index is 5.89. The van der Waals surface area contributed by atoms with Crippen molar-refractivity contribution < 1.29 is 0 Å². The van der Waals surface area contributed by atoms with Gasteiger partial charge >= 0.3 is 0 Å². The van der Waals surface area contributed by atoms with E-state index in [-0.39, 0.29) is 0 Å². The molecule has 0 aliphatic rings. The van der Waals surface area contributed by atoms with Crippen molar-refractivity contribution >= 4 is 16.6 Å². The van der Waals surface area contributed by atoms with Gasteiger partial charge in [-0.1, -0.05) is 24.3 Å². The molecule has 0 bridgehead atoms. The van der Waals surface area contributed by atoms with Crippen molar-refractivity contribution in [2.24, 2.45) is 0 Å². The maximum Gasteiger partial charge on any atom is 0.111 e. The smallest absolute Gasteiger partial charge is 0.111 e. The van der Waals surface area contributed by atoms with Gasteiger partial charge in [-0.25, -0.2) is 4.98 Å². The third kappa shape index (κ3) is 1.72. The topological polar surface area (TPSA) is 51.8 Å². The molecule has 0 spiro atoms. The molecule has 0 atom stereocenters. The van der Waals surface area contributed by atoms with Gasteiger partial charge in [-0.05, 0) is 24.3 Å². The van der Waals surface area contributed by atoms with Crippen LogP contribution in [0.15, 0.2) is 54.7 Å². The van der Waals surface area contributed by atoms with Crippen LogP contribution in [0, 0.1) is 0 Å². The minimum atomic E-state index is 0.648. The molecule has 0 aliphatic heterocycles. The summed E-state index contributed by atoms with van der Waals surface area (Å²) < 4.78 is 0. The molecule has 3 rings (SSSR count). The van der Waals surface area contributed by atoms with E-state index < -0.39 is 0 Å². The average molecular weight is 221 g/mol. The number of nitrogen functional groups attached to an aromatic ring is 1. The first-order valence-corrected chi connectivity index (χ1v) is 5.41. The highest BCUT2D eigenvalue weighted by molar-refractivity contribution is 5.82. The molecule has 3 aromatic rings. The molecule has 0 radical (unpaired) electrons. The van der Waals surface area contributed by atoms with Gasteiger partial charge in [0.2, 0.25) is 0 Å². The van der Waals surface area contributed by atoms with E-state index in [1.807, 2.05) is 48.5 Å². The number of rotatable bonds is 1. The van der Waals surface area contributed by atoms with Crippen LogP contribution >= 0.6 is 0 Å². The molecule has 2 aromatic heterocycles. The zero-order valence-corrected chi connectivity index (χ0v) is 9.17. The fourth-order valence-electron chi connectivity index (χ4n) is 1.83. The fraction of sp³-hybridized carbons (Fsp3) is 0. The van der Waals surface area contributed by atoms with Crippen LogP contribution in [-0.4, -0.2) is 9.97 Å². The number of pyridine rings is 2. The van der Waals surface area contributed by atoms with Gasteiger partial charge in [0, 0.05) is 11.6 Å². The molecule has 0 saturated heterocycles. The summed E-state index contributed by atoms with van der Waals surface area (Å²) in [6, 6.07) is 15.6. The molecular weight excluding hydrogens is 210 g/mol. The van der Waals surface area contributed by atoms with Gasteiger partial charge in [-0.3, -0.25) is 4.98 Å². The summed E-state index contributed by atoms with van der Waals surface area (Å²) in [7, 11) is 0. The van der Waals surface area contributed by atoms with E-state index in [1.54, 1.807) is 6.20 Å². The number of benzene rings is 1. The van der Waals surface area contributed by atoms with Crippen LogP contribution in [0.1, 0.15) is 0 Å². The first-order chi connectivity index (χ1) is 8.34. The van der Waals surface area contributed by atoms with Gasteiger partial charge in [-0.2, -0.15) is 0 Å². The fourth-order valence-corrected chi connectivity index (χ4v) is 1.83. The van der Waals surface area contributed by atoms with Crippen LogP contribution in [0.4, 0.5) is 5.69 Å². The Morgan fingerprint density at radius 2 is 1.76 bits per heavy atom. The third-order valence-corrected chi connectivity index (χ3v) is 2.68. The summed E-state index contributed by atoms with van der Waals surface area (Å²) in [5.74, 6) is 0. The van der Waals surface area contributed by atoms with Gasteiger partial charge in [0.25, 0.3) is 0 Å². The molecule has 2 heterocycles. The molecule has 1 aromatic carbocycles. The van der Waals surface area contributed by atoms with Crippen LogP contribution in [-0.2, 0) is 0 Å². The monoisotopic (exact) mass is 221 g/mol. The Kier molecular flexibility index (Phi) is 2.22. The number of anilines is 1. The number of hydrogen-bond donors (Lipinski definition) is 1. The Morgan fingerprint density at radius 1 is 0.882 bits per heavy atom. The molecule has 0 amide bonds. The number of nitrogens with two attached hydrogens (primary N) is 1. The number of fused-ring (bicyclic) bond motifs is 1. The van der Waals surface area contributed by atoms with E-state index in [0.29, 0.717) is 5.69 Å². The summed E-state index contributed by atoms with van der Waals surface area (Å²) in [5.41, 5.74) is 9.04. The lowest BCUT2D eigenvalue weighted by atomic mass is 10.1. The molecular formula is C14H11N3. The minimum absolute atomic E-state index is 0.648. The second-order valence-electron chi connectivity index (χ2n) is 3.83. The van der Waals surface area contributed by atoms with E-state index in [0.717, 1.165) is 22.3 Å². The summed E-state index contributed by atoms with van der Waals surface area (Å²) in [6.45, 7) is 0. The van der Waals surface area contributed by atoms with Crippen LogP contribution in [0.5, 0.6) is 0 Å². The second kappa shape index (κ2) is 3.87. The predicted octanol–water partition coefficient (Wildman–Crippen LogP) is 2.88. The predicted molar refractivity (Wildman–Crippen MR) is 69.4 cm³/mol. The molecule has 3 nitrogen and oxygen atoms in total. The molecule has 0 fully saturated rings. The SMILES string of the molecule is Nc1cccnc1-c1ccc2ccccc2n1. The molecule has 0 unspecified atom stereocenters. The summed E-state index contributed by atoms with van der Waals surface area (Å²) in [5, 5.41) is 1.12. The number of para-hydroxylation sites is 1. The van der Waals surface area contributed by atoms with Gasteiger partial charge in [0.05, 0.1) is 16.9 Å². The molecule has 0 saturated carbocycles. The quantitative estimate of drug-likeness (QED) is 0.687.